The second-order valence-corrected chi connectivity index (χ2v) is 6.40. The number of rotatable bonds is 6. The summed E-state index contributed by atoms with van der Waals surface area (Å²) in [6.07, 6.45) is 3.53. The smallest absolute Gasteiger partial charge is 0.344 e. The van der Waals surface area contributed by atoms with Crippen molar-refractivity contribution in [3.05, 3.63) is 11.9 Å². The first-order valence-corrected chi connectivity index (χ1v) is 8.07. The van der Waals surface area contributed by atoms with Crippen LogP contribution in [-0.4, -0.2) is 38.6 Å². The van der Waals surface area contributed by atoms with Gasteiger partial charge in [0.1, 0.15) is 16.6 Å². The van der Waals surface area contributed by atoms with Crippen LogP contribution in [0.4, 0.5) is 5.95 Å². The molecular formula is C13H21N3O4S. The van der Waals surface area contributed by atoms with Gasteiger partial charge in [0.25, 0.3) is 0 Å². The summed E-state index contributed by atoms with van der Waals surface area (Å²) in [4.78, 5) is 19.8. The molecule has 118 valence electrons. The third kappa shape index (κ3) is 6.52. The maximum Gasteiger partial charge on any atom is 0.344 e. The fourth-order valence-corrected chi connectivity index (χ4v) is 1.82. The zero-order valence-corrected chi connectivity index (χ0v) is 13.7. The Morgan fingerprint density at radius 1 is 1.43 bits per heavy atom. The number of aromatic nitrogens is 2. The van der Waals surface area contributed by atoms with Crippen molar-refractivity contribution < 1.29 is 18.5 Å². The molecule has 1 rings (SSSR count). The molecule has 0 amide bonds. The highest BCUT2D eigenvalue weighted by atomic mass is 32.2. The van der Waals surface area contributed by atoms with Gasteiger partial charge in [0.2, 0.25) is 5.95 Å². The fourth-order valence-electron chi connectivity index (χ4n) is 1.47. The molecule has 1 heterocycles. The molecular weight excluding hydrogens is 294 g/mol. The number of carbonyl (C=O) groups excluding carboxylic acids is 1. The van der Waals surface area contributed by atoms with Crippen LogP contribution in [0.2, 0.25) is 0 Å². The molecule has 8 heteroatoms. The van der Waals surface area contributed by atoms with E-state index in [9.17, 15) is 9.00 Å². The van der Waals surface area contributed by atoms with Gasteiger partial charge in [-0.2, -0.15) is 0 Å². The van der Waals surface area contributed by atoms with Gasteiger partial charge in [0.05, 0.1) is 11.9 Å². The molecule has 0 fully saturated rings. The number of aryl methyl sites for hydroxylation is 1. The standard InChI is InChI=1S/C13H21N3O4S/c1-6-9-10(7-14-12(15-9)16-21(5)18)19-8-11(17)20-13(2,3)4/h7H,6,8H2,1-5H3,(H,14,15,16). The van der Waals surface area contributed by atoms with Crippen molar-refractivity contribution in [3.8, 4) is 5.75 Å². The van der Waals surface area contributed by atoms with Crippen molar-refractivity contribution >= 4 is 22.9 Å². The molecule has 0 aliphatic rings. The van der Waals surface area contributed by atoms with E-state index in [1.807, 2.05) is 6.92 Å². The minimum atomic E-state index is -1.25. The van der Waals surface area contributed by atoms with Crippen molar-refractivity contribution in [2.75, 3.05) is 17.6 Å². The monoisotopic (exact) mass is 315 g/mol. The van der Waals surface area contributed by atoms with Gasteiger partial charge in [-0.15, -0.1) is 0 Å². The molecule has 0 aliphatic heterocycles. The number of anilines is 1. The van der Waals surface area contributed by atoms with Crippen LogP contribution in [0.3, 0.4) is 0 Å². The van der Waals surface area contributed by atoms with Crippen molar-refractivity contribution in [2.24, 2.45) is 0 Å². The van der Waals surface area contributed by atoms with E-state index in [4.69, 9.17) is 9.47 Å². The van der Waals surface area contributed by atoms with E-state index in [0.717, 1.165) is 0 Å². The number of esters is 1. The van der Waals surface area contributed by atoms with Crippen molar-refractivity contribution in [1.82, 2.24) is 9.97 Å². The van der Waals surface area contributed by atoms with Gasteiger partial charge in [-0.1, -0.05) is 6.92 Å². The van der Waals surface area contributed by atoms with E-state index in [2.05, 4.69) is 14.7 Å². The Labute approximate surface area is 127 Å². The van der Waals surface area contributed by atoms with Gasteiger partial charge in [-0.05, 0) is 27.2 Å². The SMILES string of the molecule is CCc1nc(NS(C)=O)ncc1OCC(=O)OC(C)(C)C. The Bertz CT molecular complexity index is 529. The summed E-state index contributed by atoms with van der Waals surface area (Å²) < 4.78 is 24.2. The summed E-state index contributed by atoms with van der Waals surface area (Å²) in [7, 11) is -1.25. The molecule has 0 aromatic carbocycles. The molecule has 0 saturated heterocycles. The van der Waals surface area contributed by atoms with Crippen LogP contribution in [0.5, 0.6) is 5.75 Å². The van der Waals surface area contributed by atoms with E-state index in [0.29, 0.717) is 17.9 Å². The first-order chi connectivity index (χ1) is 9.71. The first kappa shape index (κ1) is 17.4. The first-order valence-electron chi connectivity index (χ1n) is 6.52. The summed E-state index contributed by atoms with van der Waals surface area (Å²) in [5.74, 6) is 0.217. The van der Waals surface area contributed by atoms with E-state index < -0.39 is 22.6 Å². The van der Waals surface area contributed by atoms with Gasteiger partial charge in [-0.3, -0.25) is 4.72 Å². The summed E-state index contributed by atoms with van der Waals surface area (Å²) in [5.41, 5.74) is 0.0743. The number of hydrogen-bond acceptors (Lipinski definition) is 6. The normalized spacial score (nSPS) is 12.6. The van der Waals surface area contributed by atoms with Crippen LogP contribution in [0.15, 0.2) is 6.20 Å². The zero-order chi connectivity index (χ0) is 16.0. The highest BCUT2D eigenvalue weighted by molar-refractivity contribution is 7.85. The highest BCUT2D eigenvalue weighted by Crippen LogP contribution is 2.18. The van der Waals surface area contributed by atoms with E-state index in [1.165, 1.54) is 12.5 Å². The van der Waals surface area contributed by atoms with Crippen LogP contribution >= 0.6 is 0 Å². The number of carbonyl (C=O) groups is 1. The van der Waals surface area contributed by atoms with Gasteiger partial charge >= 0.3 is 5.97 Å². The Kier molecular flexibility index (Phi) is 6.07. The van der Waals surface area contributed by atoms with Crippen molar-refractivity contribution in [3.63, 3.8) is 0 Å². The number of hydrogen-bond donors (Lipinski definition) is 1. The molecule has 1 N–H and O–H groups in total. The molecule has 21 heavy (non-hydrogen) atoms. The van der Waals surface area contributed by atoms with Gasteiger partial charge in [0, 0.05) is 6.26 Å². The molecule has 0 saturated carbocycles. The highest BCUT2D eigenvalue weighted by Gasteiger charge is 2.17. The lowest BCUT2D eigenvalue weighted by Crippen LogP contribution is -2.27. The van der Waals surface area contributed by atoms with Gasteiger partial charge < -0.3 is 9.47 Å². The fraction of sp³-hybridized carbons (Fsp3) is 0.615. The molecule has 0 radical (unpaired) electrons. The van der Waals surface area contributed by atoms with Crippen LogP contribution in [0, 0.1) is 0 Å². The van der Waals surface area contributed by atoms with Crippen LogP contribution < -0.4 is 9.46 Å². The summed E-state index contributed by atoms with van der Waals surface area (Å²) in [6, 6.07) is 0. The average molecular weight is 315 g/mol. The van der Waals surface area contributed by atoms with Crippen molar-refractivity contribution in [2.45, 2.75) is 39.7 Å². The van der Waals surface area contributed by atoms with Gasteiger partial charge in [-0.25, -0.2) is 19.0 Å². The van der Waals surface area contributed by atoms with Gasteiger partial charge in [0.15, 0.2) is 12.4 Å². The lowest BCUT2D eigenvalue weighted by atomic mass is 10.2. The second kappa shape index (κ2) is 7.35. The minimum Gasteiger partial charge on any atom is -0.478 e. The topological polar surface area (TPSA) is 90.4 Å². The van der Waals surface area contributed by atoms with E-state index >= 15 is 0 Å². The summed E-state index contributed by atoms with van der Waals surface area (Å²) >= 11 is 0. The van der Waals surface area contributed by atoms with E-state index in [1.54, 1.807) is 20.8 Å². The molecule has 1 atom stereocenters. The predicted molar refractivity (Wildman–Crippen MR) is 80.4 cm³/mol. The Hall–Kier alpha value is -1.70. The molecule has 1 unspecified atom stereocenters. The average Bonchev–Trinajstić information content (AvgIpc) is 2.34. The number of nitrogens with zero attached hydrogens (tertiary/aromatic N) is 2. The molecule has 0 bridgehead atoms. The number of ether oxygens (including phenoxy) is 2. The maximum absolute atomic E-state index is 11.6. The maximum atomic E-state index is 11.6. The third-order valence-electron chi connectivity index (χ3n) is 2.16. The molecule has 7 nitrogen and oxygen atoms in total. The third-order valence-corrected chi connectivity index (χ3v) is 2.63. The van der Waals surface area contributed by atoms with Crippen molar-refractivity contribution in [1.29, 1.82) is 0 Å². The largest absolute Gasteiger partial charge is 0.478 e. The quantitative estimate of drug-likeness (QED) is 0.799. The molecule has 1 aromatic rings. The zero-order valence-electron chi connectivity index (χ0n) is 12.9. The lowest BCUT2D eigenvalue weighted by Gasteiger charge is -2.19. The molecule has 0 aliphatic carbocycles. The van der Waals surface area contributed by atoms with Crippen LogP contribution in [-0.2, 0) is 26.9 Å². The Morgan fingerprint density at radius 3 is 2.62 bits per heavy atom. The lowest BCUT2D eigenvalue weighted by molar-refractivity contribution is -0.157. The minimum absolute atomic E-state index is 0.208. The second-order valence-electron chi connectivity index (χ2n) is 5.29. The molecule has 0 spiro atoms. The number of nitrogens with one attached hydrogen (secondary N) is 1. The molecule has 1 aromatic heterocycles. The summed E-state index contributed by atoms with van der Waals surface area (Å²) in [5, 5.41) is 0. The Morgan fingerprint density at radius 2 is 2.10 bits per heavy atom. The van der Waals surface area contributed by atoms with E-state index in [-0.39, 0.29) is 12.6 Å². The Balaban J connectivity index is 2.71. The van der Waals surface area contributed by atoms with Crippen LogP contribution in [0.1, 0.15) is 33.4 Å². The predicted octanol–water partition coefficient (Wildman–Crippen LogP) is 1.46. The van der Waals surface area contributed by atoms with Crippen LogP contribution in [0.25, 0.3) is 0 Å². The summed E-state index contributed by atoms with van der Waals surface area (Å²) in [6.45, 7) is 7.06.